The van der Waals surface area contributed by atoms with Gasteiger partial charge in [-0.2, -0.15) is 9.94 Å². The molecule has 1 aliphatic heterocycles. The molecule has 1 aromatic carbocycles. The van der Waals surface area contributed by atoms with Gasteiger partial charge in [0.05, 0.1) is 24.3 Å². The van der Waals surface area contributed by atoms with Crippen LogP contribution in [0.2, 0.25) is 0 Å². The van der Waals surface area contributed by atoms with Crippen molar-refractivity contribution in [3.8, 4) is 11.8 Å². The lowest BCUT2D eigenvalue weighted by Gasteiger charge is -2.27. The minimum Gasteiger partial charge on any atom is -0.492 e. The number of anilines is 1. The van der Waals surface area contributed by atoms with Gasteiger partial charge in [-0.25, -0.2) is 4.79 Å². The van der Waals surface area contributed by atoms with E-state index in [2.05, 4.69) is 17.1 Å². The van der Waals surface area contributed by atoms with Crippen LogP contribution in [0.15, 0.2) is 21.7 Å². The van der Waals surface area contributed by atoms with E-state index < -0.39 is 11.2 Å². The maximum atomic E-state index is 12.7. The molecule has 2 aliphatic rings. The third-order valence-electron chi connectivity index (χ3n) is 5.99. The number of nitrogens with one attached hydrogen (secondary N) is 1. The Balaban J connectivity index is 0.000000628. The number of hydrogen-bond acceptors (Lipinski definition) is 7. The van der Waals surface area contributed by atoms with Crippen molar-refractivity contribution in [3.05, 3.63) is 33.0 Å². The number of nitriles is 1. The van der Waals surface area contributed by atoms with Gasteiger partial charge < -0.3 is 20.8 Å². The highest BCUT2D eigenvalue weighted by atomic mass is 16.5. The van der Waals surface area contributed by atoms with Crippen molar-refractivity contribution in [3.63, 3.8) is 0 Å². The summed E-state index contributed by atoms with van der Waals surface area (Å²) in [6.07, 6.45) is 3.50. The fourth-order valence-electron chi connectivity index (χ4n) is 4.32. The van der Waals surface area contributed by atoms with Crippen LogP contribution in [0.3, 0.4) is 0 Å². The lowest BCUT2D eigenvalue weighted by molar-refractivity contribution is 0.355. The molecule has 0 bridgehead atoms. The Bertz CT molecular complexity index is 1110. The van der Waals surface area contributed by atoms with Crippen LogP contribution in [0.5, 0.6) is 5.75 Å². The molecular formula is C22H32N6O3. The fourth-order valence-corrected chi connectivity index (χ4v) is 4.32. The second-order valence-corrected chi connectivity index (χ2v) is 8.60. The molecule has 0 amide bonds. The number of nitrogens with zero attached hydrogens (tertiary/aromatic N) is 4. The first-order valence-electron chi connectivity index (χ1n) is 10.7. The van der Waals surface area contributed by atoms with Crippen molar-refractivity contribution in [1.29, 1.82) is 5.26 Å². The smallest absolute Gasteiger partial charge is 0.350 e. The summed E-state index contributed by atoms with van der Waals surface area (Å²) in [4.78, 5) is 27.6. The molecule has 9 heteroatoms. The Morgan fingerprint density at radius 1 is 1.35 bits per heavy atom. The van der Waals surface area contributed by atoms with Crippen molar-refractivity contribution >= 4 is 16.6 Å². The summed E-state index contributed by atoms with van der Waals surface area (Å²) in [5.74, 6) is 6.33. The van der Waals surface area contributed by atoms with Gasteiger partial charge in [0.15, 0.2) is 5.75 Å². The summed E-state index contributed by atoms with van der Waals surface area (Å²) in [6.45, 7) is 6.81. The summed E-state index contributed by atoms with van der Waals surface area (Å²) < 4.78 is 8.11. The van der Waals surface area contributed by atoms with Gasteiger partial charge in [0, 0.05) is 32.1 Å². The van der Waals surface area contributed by atoms with E-state index >= 15 is 0 Å². The number of nitrogens with two attached hydrogens (primary N) is 1. The normalized spacial score (nSPS) is 20.3. The van der Waals surface area contributed by atoms with Gasteiger partial charge >= 0.3 is 5.69 Å². The van der Waals surface area contributed by atoms with Crippen LogP contribution in [-0.4, -0.2) is 43.0 Å². The average Bonchev–Trinajstić information content (AvgIpc) is 3.53. The molecular weight excluding hydrogens is 396 g/mol. The maximum Gasteiger partial charge on any atom is 0.350 e. The molecule has 0 spiro atoms. The molecule has 4 rings (SSSR count). The number of methoxy groups -OCH3 is 1. The van der Waals surface area contributed by atoms with Gasteiger partial charge in [0.25, 0.3) is 5.56 Å². The van der Waals surface area contributed by atoms with Crippen LogP contribution in [0.1, 0.15) is 45.6 Å². The van der Waals surface area contributed by atoms with Crippen LogP contribution in [-0.2, 0) is 0 Å². The van der Waals surface area contributed by atoms with Crippen LogP contribution in [0, 0.1) is 16.7 Å². The van der Waals surface area contributed by atoms with Crippen LogP contribution in [0.4, 0.5) is 5.69 Å². The monoisotopic (exact) mass is 428 g/mol. The topological polar surface area (TPSA) is 118 Å². The highest BCUT2D eigenvalue weighted by molar-refractivity contribution is 5.90. The van der Waals surface area contributed by atoms with Crippen LogP contribution in [0.25, 0.3) is 10.9 Å². The van der Waals surface area contributed by atoms with Crippen molar-refractivity contribution in [2.75, 3.05) is 44.5 Å². The molecule has 31 heavy (non-hydrogen) atoms. The molecule has 1 atom stereocenters. The van der Waals surface area contributed by atoms with E-state index in [1.54, 1.807) is 17.7 Å². The first-order valence-corrected chi connectivity index (χ1v) is 10.7. The predicted molar refractivity (Wildman–Crippen MR) is 122 cm³/mol. The van der Waals surface area contributed by atoms with Crippen molar-refractivity contribution in [2.24, 2.45) is 5.41 Å². The highest BCUT2D eigenvalue weighted by Gasteiger charge is 2.36. The van der Waals surface area contributed by atoms with Crippen LogP contribution < -0.4 is 32.0 Å². The van der Waals surface area contributed by atoms with E-state index in [0.717, 1.165) is 44.6 Å². The summed E-state index contributed by atoms with van der Waals surface area (Å²) in [5, 5.41) is 11.3. The SMILES string of the molecule is CCC#N.CNCC1(C)CCN(c2ccc3c(=O)n(N)c(=O)n(C4CC4)c3c2OC)C1. The Morgan fingerprint density at radius 2 is 2.03 bits per heavy atom. The molecule has 2 heterocycles. The minimum atomic E-state index is -0.488. The molecule has 1 aliphatic carbocycles. The van der Waals surface area contributed by atoms with Gasteiger partial charge in [0.2, 0.25) is 0 Å². The molecule has 168 valence electrons. The van der Waals surface area contributed by atoms with Gasteiger partial charge in [-0.1, -0.05) is 13.8 Å². The van der Waals surface area contributed by atoms with Gasteiger partial charge in [-0.3, -0.25) is 9.36 Å². The van der Waals surface area contributed by atoms with Crippen molar-refractivity contribution in [2.45, 2.75) is 45.6 Å². The molecule has 1 saturated heterocycles. The van der Waals surface area contributed by atoms with E-state index in [1.165, 1.54) is 0 Å². The van der Waals surface area contributed by atoms with E-state index in [4.69, 9.17) is 15.8 Å². The minimum absolute atomic E-state index is 0.0766. The number of rotatable bonds is 5. The zero-order valence-corrected chi connectivity index (χ0v) is 18.8. The Morgan fingerprint density at radius 3 is 2.58 bits per heavy atom. The van der Waals surface area contributed by atoms with E-state index in [9.17, 15) is 9.59 Å². The molecule has 1 aromatic heterocycles. The highest BCUT2D eigenvalue weighted by Crippen LogP contribution is 2.43. The zero-order chi connectivity index (χ0) is 22.8. The number of aromatic nitrogens is 2. The number of ether oxygens (including phenoxy) is 1. The summed E-state index contributed by atoms with van der Waals surface area (Å²) >= 11 is 0. The second-order valence-electron chi connectivity index (χ2n) is 8.60. The van der Waals surface area contributed by atoms with Crippen molar-refractivity contribution in [1.82, 2.24) is 14.6 Å². The van der Waals surface area contributed by atoms with Crippen molar-refractivity contribution < 1.29 is 4.74 Å². The van der Waals surface area contributed by atoms with E-state index in [0.29, 0.717) is 27.7 Å². The molecule has 2 aromatic rings. The lowest BCUT2D eigenvalue weighted by atomic mass is 9.90. The standard InChI is InChI=1S/C19H27N5O3.C3H5N/c1-19(10-21-2)8-9-22(11-19)14-7-6-13-15(16(14)27-3)23(12-4-5-12)18(26)24(20)17(13)25;1-2-3-4/h6-7,12,21H,4-5,8-11,20H2,1-3H3;2H2,1H3. The third kappa shape index (κ3) is 4.26. The van der Waals surface area contributed by atoms with Gasteiger partial charge in [-0.05, 0) is 43.9 Å². The summed E-state index contributed by atoms with van der Waals surface area (Å²) in [6, 6.07) is 5.69. The number of benzene rings is 1. The first kappa shape index (κ1) is 22.7. The molecule has 9 nitrogen and oxygen atoms in total. The van der Waals surface area contributed by atoms with Gasteiger partial charge in [-0.15, -0.1) is 0 Å². The maximum absolute atomic E-state index is 12.7. The lowest BCUT2D eigenvalue weighted by Crippen LogP contribution is -2.44. The largest absolute Gasteiger partial charge is 0.492 e. The summed E-state index contributed by atoms with van der Waals surface area (Å²) in [5.41, 5.74) is 0.695. The van der Waals surface area contributed by atoms with E-state index in [-0.39, 0.29) is 11.5 Å². The van der Waals surface area contributed by atoms with Gasteiger partial charge in [0.1, 0.15) is 5.52 Å². The number of hydrogen-bond donors (Lipinski definition) is 2. The average molecular weight is 429 g/mol. The second kappa shape index (κ2) is 9.02. The summed E-state index contributed by atoms with van der Waals surface area (Å²) in [7, 11) is 3.56. The number of nitrogen functional groups attached to an aromatic ring is 1. The third-order valence-corrected chi connectivity index (χ3v) is 5.99. The molecule has 2 fully saturated rings. The Hall–Kier alpha value is -2.99. The molecule has 1 saturated carbocycles. The first-order chi connectivity index (χ1) is 14.8. The van der Waals surface area contributed by atoms with Crippen LogP contribution >= 0.6 is 0 Å². The Labute approximate surface area is 182 Å². The fraction of sp³-hybridized carbons (Fsp3) is 0.591. The number of fused-ring (bicyclic) bond motifs is 1. The van der Waals surface area contributed by atoms with E-state index in [1.807, 2.05) is 26.1 Å². The quantitative estimate of drug-likeness (QED) is 0.694. The molecule has 3 N–H and O–H groups in total. The molecule has 0 radical (unpaired) electrons. The molecule has 1 unspecified atom stereocenters. The zero-order valence-electron chi connectivity index (χ0n) is 18.8. The predicted octanol–water partition coefficient (Wildman–Crippen LogP) is 1.58. The Kier molecular flexibility index (Phi) is 6.60.